The van der Waals surface area contributed by atoms with Gasteiger partial charge in [0.1, 0.15) is 0 Å². The fraction of sp³-hybridized carbons (Fsp3) is 0.333. The first-order valence-corrected chi connectivity index (χ1v) is 7.59. The van der Waals surface area contributed by atoms with Crippen LogP contribution in [0.2, 0.25) is 0 Å². The molecule has 0 amide bonds. The Morgan fingerprint density at radius 1 is 1.18 bits per heavy atom. The van der Waals surface area contributed by atoms with Gasteiger partial charge in [-0.15, -0.1) is 0 Å². The summed E-state index contributed by atoms with van der Waals surface area (Å²) >= 11 is 0. The highest BCUT2D eigenvalue weighted by Gasteiger charge is 2.14. The predicted octanol–water partition coefficient (Wildman–Crippen LogP) is 3.68. The molecule has 2 rings (SSSR count). The molecule has 1 heterocycles. The number of hydrogen-bond donors (Lipinski definition) is 1. The van der Waals surface area contributed by atoms with Gasteiger partial charge in [-0.05, 0) is 32.1 Å². The molecule has 0 saturated carbocycles. The third-order valence-electron chi connectivity index (χ3n) is 3.59. The number of hydrogen-bond acceptors (Lipinski definition) is 3. The lowest BCUT2D eigenvalue weighted by atomic mass is 10.1. The molecular formula is C18H22N2O2. The molecule has 0 atom stereocenters. The summed E-state index contributed by atoms with van der Waals surface area (Å²) in [6.07, 6.45) is 2.21. The maximum Gasteiger partial charge on any atom is 0.337 e. The van der Waals surface area contributed by atoms with Crippen LogP contribution in [0.5, 0.6) is 0 Å². The predicted molar refractivity (Wildman–Crippen MR) is 87.9 cm³/mol. The minimum absolute atomic E-state index is 0.281. The second-order valence-electron chi connectivity index (χ2n) is 5.45. The van der Waals surface area contributed by atoms with Gasteiger partial charge in [0, 0.05) is 12.1 Å². The number of aromatic carboxylic acids is 1. The molecule has 116 valence electrons. The molecular weight excluding hydrogens is 276 g/mol. The summed E-state index contributed by atoms with van der Waals surface area (Å²) < 4.78 is 0. The molecule has 1 N–H and O–H groups in total. The zero-order valence-electron chi connectivity index (χ0n) is 13.1. The fourth-order valence-electron chi connectivity index (χ4n) is 2.35. The average molecular weight is 298 g/mol. The maximum absolute atomic E-state index is 11.4. The lowest BCUT2D eigenvalue weighted by Crippen LogP contribution is -2.21. The molecule has 4 nitrogen and oxygen atoms in total. The zero-order chi connectivity index (χ0) is 15.9. The van der Waals surface area contributed by atoms with Crippen LogP contribution in [0, 0.1) is 0 Å². The Morgan fingerprint density at radius 2 is 1.91 bits per heavy atom. The van der Waals surface area contributed by atoms with Crippen LogP contribution in [-0.2, 0) is 6.54 Å². The highest BCUT2D eigenvalue weighted by Crippen LogP contribution is 2.20. The maximum atomic E-state index is 11.4. The van der Waals surface area contributed by atoms with Crippen molar-refractivity contribution >= 4 is 5.97 Å². The van der Waals surface area contributed by atoms with Crippen LogP contribution in [0.4, 0.5) is 0 Å². The number of carboxylic acids is 1. The molecule has 1 aromatic heterocycles. The van der Waals surface area contributed by atoms with E-state index < -0.39 is 5.97 Å². The van der Waals surface area contributed by atoms with Crippen molar-refractivity contribution in [3.63, 3.8) is 0 Å². The van der Waals surface area contributed by atoms with Crippen LogP contribution in [0.3, 0.4) is 0 Å². The lowest BCUT2D eigenvalue weighted by Gasteiger charge is -2.17. The molecule has 0 unspecified atom stereocenters. The summed E-state index contributed by atoms with van der Waals surface area (Å²) in [5.74, 6) is -0.925. The number of carbonyl (C=O) groups is 1. The topological polar surface area (TPSA) is 53.4 Å². The van der Waals surface area contributed by atoms with E-state index in [2.05, 4.69) is 16.8 Å². The molecule has 22 heavy (non-hydrogen) atoms. The molecule has 0 saturated heterocycles. The van der Waals surface area contributed by atoms with Crippen LogP contribution >= 0.6 is 0 Å². The Balaban J connectivity index is 2.30. The smallest absolute Gasteiger partial charge is 0.337 e. The van der Waals surface area contributed by atoms with E-state index in [-0.39, 0.29) is 5.56 Å². The lowest BCUT2D eigenvalue weighted by molar-refractivity contribution is 0.0694. The van der Waals surface area contributed by atoms with Gasteiger partial charge in [0.2, 0.25) is 0 Å². The van der Waals surface area contributed by atoms with E-state index >= 15 is 0 Å². The molecule has 4 heteroatoms. The minimum atomic E-state index is -0.925. The quantitative estimate of drug-likeness (QED) is 0.847. The molecule has 1 aromatic carbocycles. The highest BCUT2D eigenvalue weighted by atomic mass is 16.4. The minimum Gasteiger partial charge on any atom is -0.478 e. The number of nitrogens with zero attached hydrogens (tertiary/aromatic N) is 2. The molecule has 0 bridgehead atoms. The number of aromatic nitrogens is 1. The number of benzene rings is 1. The SMILES string of the molecule is CCCCN(C)Cc1nc(-c2ccccc2)ccc1C(=O)O. The largest absolute Gasteiger partial charge is 0.478 e. The van der Waals surface area contributed by atoms with E-state index in [9.17, 15) is 9.90 Å². The zero-order valence-corrected chi connectivity index (χ0v) is 13.1. The summed E-state index contributed by atoms with van der Waals surface area (Å²) in [6.45, 7) is 3.62. The summed E-state index contributed by atoms with van der Waals surface area (Å²) in [5, 5.41) is 9.36. The van der Waals surface area contributed by atoms with E-state index in [1.54, 1.807) is 12.1 Å². The van der Waals surface area contributed by atoms with Crippen LogP contribution in [0.15, 0.2) is 42.5 Å². The van der Waals surface area contributed by atoms with Gasteiger partial charge in [0.25, 0.3) is 0 Å². The highest BCUT2D eigenvalue weighted by molar-refractivity contribution is 5.89. The third kappa shape index (κ3) is 4.15. The second kappa shape index (κ2) is 7.71. The first-order chi connectivity index (χ1) is 10.6. The molecule has 0 spiro atoms. The molecule has 0 radical (unpaired) electrons. The number of pyridine rings is 1. The van der Waals surface area contributed by atoms with E-state index in [1.165, 1.54) is 0 Å². The van der Waals surface area contributed by atoms with Crippen LogP contribution < -0.4 is 0 Å². The van der Waals surface area contributed by atoms with E-state index in [0.717, 1.165) is 30.6 Å². The summed E-state index contributed by atoms with van der Waals surface area (Å²) in [6, 6.07) is 13.2. The van der Waals surface area contributed by atoms with Gasteiger partial charge in [0.15, 0.2) is 0 Å². The van der Waals surface area contributed by atoms with E-state index in [0.29, 0.717) is 12.2 Å². The Labute approximate surface area is 131 Å². The van der Waals surface area contributed by atoms with Gasteiger partial charge in [-0.1, -0.05) is 43.7 Å². The van der Waals surface area contributed by atoms with Crippen LogP contribution in [0.1, 0.15) is 35.8 Å². The van der Waals surface area contributed by atoms with Gasteiger partial charge in [0.05, 0.1) is 17.0 Å². The van der Waals surface area contributed by atoms with Crippen molar-refractivity contribution in [3.05, 3.63) is 53.7 Å². The normalized spacial score (nSPS) is 10.9. The molecule has 0 aliphatic carbocycles. The first kappa shape index (κ1) is 16.2. The number of carboxylic acid groups (broad SMARTS) is 1. The van der Waals surface area contributed by atoms with E-state index in [4.69, 9.17) is 0 Å². The molecule has 2 aromatic rings. The molecule has 0 aliphatic rings. The monoisotopic (exact) mass is 298 g/mol. The second-order valence-corrected chi connectivity index (χ2v) is 5.45. The van der Waals surface area contributed by atoms with Gasteiger partial charge < -0.3 is 10.0 Å². The summed E-state index contributed by atoms with van der Waals surface area (Å²) in [4.78, 5) is 18.1. The van der Waals surface area contributed by atoms with Crippen molar-refractivity contribution in [2.45, 2.75) is 26.3 Å². The number of rotatable bonds is 7. The Morgan fingerprint density at radius 3 is 2.55 bits per heavy atom. The molecule has 0 fully saturated rings. The Bertz CT molecular complexity index is 626. The Hall–Kier alpha value is -2.20. The molecule has 0 aliphatic heterocycles. The first-order valence-electron chi connectivity index (χ1n) is 7.59. The van der Waals surface area contributed by atoms with Crippen molar-refractivity contribution < 1.29 is 9.90 Å². The van der Waals surface area contributed by atoms with Crippen molar-refractivity contribution in [1.82, 2.24) is 9.88 Å². The Kier molecular flexibility index (Phi) is 5.67. The summed E-state index contributed by atoms with van der Waals surface area (Å²) in [5.41, 5.74) is 2.71. The van der Waals surface area contributed by atoms with Crippen molar-refractivity contribution in [3.8, 4) is 11.3 Å². The van der Waals surface area contributed by atoms with Gasteiger partial charge >= 0.3 is 5.97 Å². The summed E-state index contributed by atoms with van der Waals surface area (Å²) in [7, 11) is 2.00. The number of unbranched alkanes of at least 4 members (excludes halogenated alkanes) is 1. The van der Waals surface area contributed by atoms with Crippen molar-refractivity contribution in [2.75, 3.05) is 13.6 Å². The van der Waals surface area contributed by atoms with Gasteiger partial charge in [-0.2, -0.15) is 0 Å². The van der Waals surface area contributed by atoms with Gasteiger partial charge in [-0.25, -0.2) is 4.79 Å². The van der Waals surface area contributed by atoms with Crippen molar-refractivity contribution in [1.29, 1.82) is 0 Å². The third-order valence-corrected chi connectivity index (χ3v) is 3.59. The van der Waals surface area contributed by atoms with E-state index in [1.807, 2.05) is 37.4 Å². The van der Waals surface area contributed by atoms with Crippen LogP contribution in [0.25, 0.3) is 11.3 Å². The van der Waals surface area contributed by atoms with Crippen molar-refractivity contribution in [2.24, 2.45) is 0 Å². The van der Waals surface area contributed by atoms with Crippen LogP contribution in [-0.4, -0.2) is 34.6 Å². The average Bonchev–Trinajstić information content (AvgIpc) is 2.53. The fourth-order valence-corrected chi connectivity index (χ4v) is 2.35. The standard InChI is InChI=1S/C18H22N2O2/c1-3-4-12-20(2)13-17-15(18(21)22)10-11-16(19-17)14-8-6-5-7-9-14/h5-11H,3-4,12-13H2,1-2H3,(H,21,22). The van der Waals surface area contributed by atoms with Gasteiger partial charge in [-0.3, -0.25) is 4.98 Å².